The molecule has 0 atom stereocenters. The van der Waals surface area contributed by atoms with E-state index >= 15 is 0 Å². The van der Waals surface area contributed by atoms with E-state index in [2.05, 4.69) is 53.1 Å². The van der Waals surface area contributed by atoms with Gasteiger partial charge in [0.2, 0.25) is 0 Å². The lowest BCUT2D eigenvalue weighted by Gasteiger charge is -2.34. The minimum Gasteiger partial charge on any atom is -0.357 e. The standard InChI is InChI=1S/C19H41N5.HI/c1-5-20-19(22-12-9-10-18(3)4)21-11-7-8-13-24-16-14-23(6-2)15-17-24;/h18H,5-17H2,1-4H3,(H2,20,21,22);1H. The molecule has 1 rings (SSSR count). The Balaban J connectivity index is 0.00000576. The van der Waals surface area contributed by atoms with Crippen LogP contribution in [0, 0.1) is 5.92 Å². The third kappa shape index (κ3) is 12.8. The van der Waals surface area contributed by atoms with Gasteiger partial charge in [0.05, 0.1) is 0 Å². The lowest BCUT2D eigenvalue weighted by Crippen LogP contribution is -2.46. The van der Waals surface area contributed by atoms with E-state index in [1.807, 2.05) is 0 Å². The Morgan fingerprint density at radius 3 is 2.24 bits per heavy atom. The van der Waals surface area contributed by atoms with Gasteiger partial charge in [-0.2, -0.15) is 0 Å². The molecule has 150 valence electrons. The molecule has 0 aromatic heterocycles. The zero-order valence-corrected chi connectivity index (χ0v) is 19.3. The van der Waals surface area contributed by atoms with E-state index in [-0.39, 0.29) is 24.0 Å². The highest BCUT2D eigenvalue weighted by Gasteiger charge is 2.14. The predicted octanol–water partition coefficient (Wildman–Crippen LogP) is 3.01. The van der Waals surface area contributed by atoms with Gasteiger partial charge in [-0.05, 0) is 51.6 Å². The lowest BCUT2D eigenvalue weighted by atomic mass is 10.1. The van der Waals surface area contributed by atoms with Crippen LogP contribution in [0.3, 0.4) is 0 Å². The third-order valence-electron chi connectivity index (χ3n) is 4.66. The molecule has 0 amide bonds. The van der Waals surface area contributed by atoms with Crippen LogP contribution in [0.2, 0.25) is 0 Å². The first-order chi connectivity index (χ1) is 11.7. The summed E-state index contributed by atoms with van der Waals surface area (Å²) >= 11 is 0. The molecule has 5 nitrogen and oxygen atoms in total. The van der Waals surface area contributed by atoms with E-state index in [4.69, 9.17) is 0 Å². The summed E-state index contributed by atoms with van der Waals surface area (Å²) in [6.45, 7) is 19.2. The van der Waals surface area contributed by atoms with Gasteiger partial charge in [-0.3, -0.25) is 4.99 Å². The van der Waals surface area contributed by atoms with Crippen LogP contribution in [0.5, 0.6) is 0 Å². The molecule has 1 aliphatic rings. The minimum atomic E-state index is 0. The minimum absolute atomic E-state index is 0. The van der Waals surface area contributed by atoms with E-state index in [1.165, 1.54) is 65.0 Å². The van der Waals surface area contributed by atoms with Gasteiger partial charge in [0.15, 0.2) is 5.96 Å². The van der Waals surface area contributed by atoms with E-state index in [0.717, 1.165) is 31.5 Å². The number of nitrogens with zero attached hydrogens (tertiary/aromatic N) is 3. The molecule has 25 heavy (non-hydrogen) atoms. The van der Waals surface area contributed by atoms with Crippen LogP contribution in [0.15, 0.2) is 4.99 Å². The van der Waals surface area contributed by atoms with Crippen LogP contribution in [-0.2, 0) is 0 Å². The molecule has 1 aliphatic heterocycles. The van der Waals surface area contributed by atoms with Gasteiger partial charge >= 0.3 is 0 Å². The molecule has 2 N–H and O–H groups in total. The molecule has 1 heterocycles. The molecule has 0 spiro atoms. The van der Waals surface area contributed by atoms with Crippen LogP contribution in [-0.4, -0.2) is 74.7 Å². The molecule has 0 aromatic carbocycles. The average molecular weight is 467 g/mol. The zero-order valence-electron chi connectivity index (χ0n) is 17.0. The fourth-order valence-corrected chi connectivity index (χ4v) is 3.03. The maximum atomic E-state index is 4.67. The number of unbranched alkanes of at least 4 members (excludes halogenated alkanes) is 1. The van der Waals surface area contributed by atoms with Crippen molar-refractivity contribution >= 4 is 29.9 Å². The van der Waals surface area contributed by atoms with Crippen molar-refractivity contribution in [3.8, 4) is 0 Å². The van der Waals surface area contributed by atoms with Gasteiger partial charge in [-0.1, -0.05) is 20.8 Å². The SMILES string of the molecule is CCNC(=NCCCC(C)C)NCCCCN1CCN(CC)CC1.I. The lowest BCUT2D eigenvalue weighted by molar-refractivity contribution is 0.136. The Kier molecular flexibility index (Phi) is 16.1. The number of aliphatic imine (C=N–C) groups is 1. The Morgan fingerprint density at radius 1 is 0.960 bits per heavy atom. The van der Waals surface area contributed by atoms with Gasteiger partial charge in [0.1, 0.15) is 0 Å². The molecular weight excluding hydrogens is 425 g/mol. The number of guanidine groups is 1. The normalized spacial score (nSPS) is 16.8. The predicted molar refractivity (Wildman–Crippen MR) is 121 cm³/mol. The second-order valence-electron chi connectivity index (χ2n) is 7.21. The topological polar surface area (TPSA) is 42.9 Å². The maximum absolute atomic E-state index is 4.67. The molecule has 0 bridgehead atoms. The number of piperazine rings is 1. The molecule has 0 aliphatic carbocycles. The second-order valence-corrected chi connectivity index (χ2v) is 7.21. The van der Waals surface area contributed by atoms with Crippen molar-refractivity contribution in [3.63, 3.8) is 0 Å². The summed E-state index contributed by atoms with van der Waals surface area (Å²) in [6.07, 6.45) is 4.92. The number of rotatable bonds is 11. The molecule has 0 aromatic rings. The fraction of sp³-hybridized carbons (Fsp3) is 0.947. The second kappa shape index (κ2) is 16.1. The first-order valence-corrected chi connectivity index (χ1v) is 10.1. The third-order valence-corrected chi connectivity index (χ3v) is 4.66. The van der Waals surface area contributed by atoms with E-state index in [0.29, 0.717) is 0 Å². The summed E-state index contributed by atoms with van der Waals surface area (Å²) in [6, 6.07) is 0. The first kappa shape index (κ1) is 24.9. The van der Waals surface area contributed by atoms with E-state index in [1.54, 1.807) is 0 Å². The van der Waals surface area contributed by atoms with Crippen molar-refractivity contribution in [1.82, 2.24) is 20.4 Å². The molecule has 1 fully saturated rings. The van der Waals surface area contributed by atoms with Crippen molar-refractivity contribution in [2.45, 2.75) is 53.4 Å². The smallest absolute Gasteiger partial charge is 0.191 e. The monoisotopic (exact) mass is 467 g/mol. The summed E-state index contributed by atoms with van der Waals surface area (Å²) in [7, 11) is 0. The number of hydrogen-bond donors (Lipinski definition) is 2. The summed E-state index contributed by atoms with van der Waals surface area (Å²) in [4.78, 5) is 9.82. The summed E-state index contributed by atoms with van der Waals surface area (Å²) in [5.74, 6) is 1.76. The van der Waals surface area contributed by atoms with Gasteiger partial charge in [-0.25, -0.2) is 0 Å². The van der Waals surface area contributed by atoms with Crippen LogP contribution in [0.4, 0.5) is 0 Å². The van der Waals surface area contributed by atoms with Crippen molar-refractivity contribution in [3.05, 3.63) is 0 Å². The molecule has 0 radical (unpaired) electrons. The number of hydrogen-bond acceptors (Lipinski definition) is 3. The fourth-order valence-electron chi connectivity index (χ4n) is 3.03. The first-order valence-electron chi connectivity index (χ1n) is 10.1. The summed E-state index contributed by atoms with van der Waals surface area (Å²) in [5, 5.41) is 6.82. The van der Waals surface area contributed by atoms with Crippen molar-refractivity contribution in [2.24, 2.45) is 10.9 Å². The van der Waals surface area contributed by atoms with Crippen LogP contribution < -0.4 is 10.6 Å². The maximum Gasteiger partial charge on any atom is 0.191 e. The highest BCUT2D eigenvalue weighted by molar-refractivity contribution is 14.0. The Labute approximate surface area is 173 Å². The number of halogens is 1. The van der Waals surface area contributed by atoms with Crippen molar-refractivity contribution in [2.75, 3.05) is 58.9 Å². The average Bonchev–Trinajstić information content (AvgIpc) is 2.58. The summed E-state index contributed by atoms with van der Waals surface area (Å²) in [5.41, 5.74) is 0. The molecule has 0 unspecified atom stereocenters. The van der Waals surface area contributed by atoms with E-state index in [9.17, 15) is 0 Å². The quantitative estimate of drug-likeness (QED) is 0.212. The number of likely N-dealkylation sites (N-methyl/N-ethyl adjacent to an activating group) is 1. The van der Waals surface area contributed by atoms with E-state index < -0.39 is 0 Å². The highest BCUT2D eigenvalue weighted by atomic mass is 127. The van der Waals surface area contributed by atoms with Gasteiger partial charge in [-0.15, -0.1) is 24.0 Å². The molecule has 1 saturated heterocycles. The molecule has 0 saturated carbocycles. The van der Waals surface area contributed by atoms with Crippen LogP contribution in [0.25, 0.3) is 0 Å². The Bertz CT molecular complexity index is 328. The van der Waals surface area contributed by atoms with Crippen molar-refractivity contribution < 1.29 is 0 Å². The zero-order chi connectivity index (χ0) is 17.6. The highest BCUT2D eigenvalue weighted by Crippen LogP contribution is 2.04. The largest absolute Gasteiger partial charge is 0.357 e. The van der Waals surface area contributed by atoms with Gasteiger partial charge in [0, 0.05) is 45.8 Å². The Morgan fingerprint density at radius 2 is 1.64 bits per heavy atom. The summed E-state index contributed by atoms with van der Waals surface area (Å²) < 4.78 is 0. The van der Waals surface area contributed by atoms with Gasteiger partial charge < -0.3 is 20.4 Å². The Hall–Kier alpha value is -0.0800. The van der Waals surface area contributed by atoms with Crippen LogP contribution in [0.1, 0.15) is 53.4 Å². The van der Waals surface area contributed by atoms with Crippen LogP contribution >= 0.6 is 24.0 Å². The van der Waals surface area contributed by atoms with Gasteiger partial charge in [0.25, 0.3) is 0 Å². The van der Waals surface area contributed by atoms with Crippen molar-refractivity contribution in [1.29, 1.82) is 0 Å². The molecular formula is C19H42IN5. The molecule has 6 heteroatoms. The number of nitrogens with one attached hydrogen (secondary N) is 2.